The lowest BCUT2D eigenvalue weighted by molar-refractivity contribution is 0.436. The van der Waals surface area contributed by atoms with Crippen LogP contribution in [0, 0.1) is 0 Å². The van der Waals surface area contributed by atoms with Crippen LogP contribution in [0.3, 0.4) is 0 Å². The zero-order valence-electron chi connectivity index (χ0n) is 34.5. The first kappa shape index (κ1) is 36.6. The highest BCUT2D eigenvalue weighted by Gasteiger charge is 2.51. The van der Waals surface area contributed by atoms with Gasteiger partial charge in [-0.1, -0.05) is 200 Å². The Bertz CT molecular complexity index is 3290. The van der Waals surface area contributed by atoms with Crippen LogP contribution in [0.1, 0.15) is 22.3 Å². The van der Waals surface area contributed by atoms with E-state index in [1.54, 1.807) is 0 Å². The molecule has 1 atom stereocenters. The first-order valence-corrected chi connectivity index (χ1v) is 21.7. The molecule has 1 aliphatic carbocycles. The normalized spacial score (nSPS) is 14.2. The summed E-state index contributed by atoms with van der Waals surface area (Å²) < 4.78 is 7.07. The maximum atomic E-state index is 7.07. The van der Waals surface area contributed by atoms with E-state index in [1.807, 2.05) is 0 Å². The average molecular weight is 804 g/mol. The van der Waals surface area contributed by atoms with Gasteiger partial charge in [-0.15, -0.1) is 0 Å². The highest BCUT2D eigenvalue weighted by Crippen LogP contribution is 2.64. The molecule has 0 amide bonds. The number of hydrogen-bond donors (Lipinski definition) is 0. The Kier molecular flexibility index (Phi) is 8.76. The van der Waals surface area contributed by atoms with Crippen molar-refractivity contribution in [1.29, 1.82) is 0 Å². The van der Waals surface area contributed by atoms with E-state index in [0.29, 0.717) is 0 Å². The summed E-state index contributed by atoms with van der Waals surface area (Å²) in [6.45, 7) is 0. The molecule has 1 heterocycles. The minimum atomic E-state index is -0.688. The third kappa shape index (κ3) is 5.95. The van der Waals surface area contributed by atoms with Gasteiger partial charge in [0.05, 0.1) is 11.1 Å². The lowest BCUT2D eigenvalue weighted by Gasteiger charge is -2.40. The molecule has 0 bridgehead atoms. The molecule has 0 aromatic heterocycles. The van der Waals surface area contributed by atoms with Crippen LogP contribution in [0.5, 0.6) is 11.5 Å². The van der Waals surface area contributed by atoms with E-state index >= 15 is 0 Å². The van der Waals surface area contributed by atoms with E-state index in [9.17, 15) is 0 Å². The maximum absolute atomic E-state index is 7.07. The van der Waals surface area contributed by atoms with E-state index in [1.165, 1.54) is 44.5 Å². The summed E-state index contributed by atoms with van der Waals surface area (Å²) in [5.41, 5.74) is 19.1. The van der Waals surface area contributed by atoms with Crippen LogP contribution >= 0.6 is 0 Å². The summed E-state index contributed by atoms with van der Waals surface area (Å²) >= 11 is 0. The van der Waals surface area contributed by atoms with E-state index in [4.69, 9.17) is 4.74 Å². The number of rotatable bonds is 7. The molecule has 296 valence electrons. The molecule has 2 heteroatoms. The van der Waals surface area contributed by atoms with Crippen molar-refractivity contribution < 1.29 is 4.74 Å². The van der Waals surface area contributed by atoms with Gasteiger partial charge in [-0.2, -0.15) is 0 Å². The molecule has 0 saturated carbocycles. The van der Waals surface area contributed by atoms with Crippen molar-refractivity contribution in [2.75, 3.05) is 4.90 Å². The lowest BCUT2D eigenvalue weighted by Crippen LogP contribution is -2.32. The minimum Gasteiger partial charge on any atom is -0.457 e. The molecule has 10 aromatic carbocycles. The summed E-state index contributed by atoms with van der Waals surface area (Å²) in [6.07, 6.45) is 0. The summed E-state index contributed by atoms with van der Waals surface area (Å²) in [7, 11) is 0. The van der Waals surface area contributed by atoms with Crippen LogP contribution in [0.2, 0.25) is 0 Å². The molecular formula is C61H41NO. The van der Waals surface area contributed by atoms with Gasteiger partial charge in [0.1, 0.15) is 11.5 Å². The topological polar surface area (TPSA) is 12.5 Å². The van der Waals surface area contributed by atoms with Crippen LogP contribution in [-0.2, 0) is 5.41 Å². The maximum Gasteiger partial charge on any atom is 0.132 e. The number of benzene rings is 10. The second-order valence-electron chi connectivity index (χ2n) is 16.4. The molecule has 12 rings (SSSR count). The largest absolute Gasteiger partial charge is 0.457 e. The van der Waals surface area contributed by atoms with E-state index < -0.39 is 5.41 Å². The molecule has 63 heavy (non-hydrogen) atoms. The molecule has 10 aromatic rings. The van der Waals surface area contributed by atoms with Gasteiger partial charge in [0.25, 0.3) is 0 Å². The average Bonchev–Trinajstić information content (AvgIpc) is 3.65. The Morgan fingerprint density at radius 3 is 1.41 bits per heavy atom. The highest BCUT2D eigenvalue weighted by atomic mass is 16.5. The van der Waals surface area contributed by atoms with Crippen LogP contribution in [-0.4, -0.2) is 0 Å². The molecule has 1 aliphatic heterocycles. The van der Waals surface area contributed by atoms with Crippen LogP contribution in [0.4, 0.5) is 17.1 Å². The fourth-order valence-corrected chi connectivity index (χ4v) is 10.2. The van der Waals surface area contributed by atoms with Crippen molar-refractivity contribution in [1.82, 2.24) is 0 Å². The van der Waals surface area contributed by atoms with E-state index in [2.05, 4.69) is 254 Å². The smallest absolute Gasteiger partial charge is 0.132 e. The van der Waals surface area contributed by atoms with Gasteiger partial charge in [0.2, 0.25) is 0 Å². The summed E-state index contributed by atoms with van der Waals surface area (Å²) in [4.78, 5) is 2.44. The van der Waals surface area contributed by atoms with Crippen LogP contribution < -0.4 is 9.64 Å². The monoisotopic (exact) mass is 803 g/mol. The molecule has 2 aliphatic rings. The van der Waals surface area contributed by atoms with Crippen molar-refractivity contribution in [3.05, 3.63) is 271 Å². The zero-order valence-corrected chi connectivity index (χ0v) is 34.5. The second-order valence-corrected chi connectivity index (χ2v) is 16.4. The Labute approximate surface area is 368 Å². The lowest BCUT2D eigenvalue weighted by atomic mass is 9.65. The second kappa shape index (κ2) is 15.1. The molecule has 0 fully saturated rings. The summed E-state index contributed by atoms with van der Waals surface area (Å²) in [5, 5.41) is 0. The predicted molar refractivity (Wildman–Crippen MR) is 260 cm³/mol. The van der Waals surface area contributed by atoms with Gasteiger partial charge in [0, 0.05) is 28.1 Å². The fraction of sp³-hybridized carbons (Fsp3) is 0.0164. The third-order valence-electron chi connectivity index (χ3n) is 13.0. The quantitative estimate of drug-likeness (QED) is 0.159. The molecule has 0 radical (unpaired) electrons. The Morgan fingerprint density at radius 2 is 0.746 bits per heavy atom. The third-order valence-corrected chi connectivity index (χ3v) is 13.0. The number of ether oxygens (including phenoxy) is 1. The Balaban J connectivity index is 1.14. The predicted octanol–water partition coefficient (Wildman–Crippen LogP) is 16.3. The Hall–Kier alpha value is -8.20. The molecule has 1 unspecified atom stereocenters. The number of para-hydroxylation sites is 2. The summed E-state index contributed by atoms with van der Waals surface area (Å²) in [5.74, 6) is 1.73. The van der Waals surface area contributed by atoms with Gasteiger partial charge in [-0.25, -0.2) is 0 Å². The van der Waals surface area contributed by atoms with Gasteiger partial charge in [0.15, 0.2) is 0 Å². The number of fused-ring (bicyclic) bond motifs is 9. The first-order valence-electron chi connectivity index (χ1n) is 21.7. The van der Waals surface area contributed by atoms with Gasteiger partial charge in [-0.05, 0) is 110 Å². The molecule has 2 nitrogen and oxygen atoms in total. The standard InChI is InChI=1S/C61H41NO/c1-5-19-42(20-6-1)43-33-35-47(36-34-43)62(58-31-17-14-27-49(58)44-21-7-2-8-22-44)48-37-38-51-50-28-13-15-29-54(50)61(56(51)39-48)55-30-16-18-32-59(55)63-60-41-53(46-25-11-4-12-26-46)52(40-57(60)61)45-23-9-3-10-24-45/h1-41H. The van der Waals surface area contributed by atoms with Gasteiger partial charge in [-0.3, -0.25) is 0 Å². The first-order chi connectivity index (χ1) is 31.3. The molecule has 0 N–H and O–H groups in total. The zero-order chi connectivity index (χ0) is 41.7. The highest BCUT2D eigenvalue weighted by molar-refractivity contribution is 5.95. The molecule has 0 saturated heterocycles. The number of hydrogen-bond acceptors (Lipinski definition) is 2. The fourth-order valence-electron chi connectivity index (χ4n) is 10.2. The van der Waals surface area contributed by atoms with Crippen molar-refractivity contribution in [2.24, 2.45) is 0 Å². The van der Waals surface area contributed by atoms with E-state index in [-0.39, 0.29) is 0 Å². The number of nitrogens with zero attached hydrogens (tertiary/aromatic N) is 1. The van der Waals surface area contributed by atoms with Crippen molar-refractivity contribution in [3.63, 3.8) is 0 Å². The van der Waals surface area contributed by atoms with Crippen LogP contribution in [0.15, 0.2) is 249 Å². The summed E-state index contributed by atoms with van der Waals surface area (Å²) in [6, 6.07) is 90.1. The van der Waals surface area contributed by atoms with Gasteiger partial charge < -0.3 is 9.64 Å². The van der Waals surface area contributed by atoms with E-state index in [0.717, 1.165) is 61.9 Å². The minimum absolute atomic E-state index is 0.688. The van der Waals surface area contributed by atoms with Crippen molar-refractivity contribution in [3.8, 4) is 67.1 Å². The molecular weight excluding hydrogens is 763 g/mol. The number of anilines is 3. The van der Waals surface area contributed by atoms with Gasteiger partial charge >= 0.3 is 0 Å². The van der Waals surface area contributed by atoms with Crippen molar-refractivity contribution >= 4 is 17.1 Å². The molecule has 1 spiro atoms. The Morgan fingerprint density at radius 1 is 0.270 bits per heavy atom. The van der Waals surface area contributed by atoms with Crippen LogP contribution in [0.25, 0.3) is 55.6 Å². The van der Waals surface area contributed by atoms with Crippen molar-refractivity contribution in [2.45, 2.75) is 5.41 Å². The SMILES string of the molecule is c1ccc(-c2ccc(N(c3ccc4c(c3)C3(c5ccccc5Oc5cc(-c6ccccc6)c(-c6ccccc6)cc53)c3ccccc3-4)c3ccccc3-c3ccccc3)cc2)cc1.